The molecule has 5 atom stereocenters. The molecule has 12 heteroatoms. The van der Waals surface area contributed by atoms with E-state index in [2.05, 4.69) is 15.6 Å². The number of rotatable bonds is 7. The molecule has 240 valence electrons. The molecule has 5 heterocycles. The van der Waals surface area contributed by atoms with Crippen molar-refractivity contribution in [3.63, 3.8) is 0 Å². The van der Waals surface area contributed by atoms with Crippen LogP contribution in [0.4, 0.5) is 10.1 Å². The molecule has 2 aromatic carbocycles. The van der Waals surface area contributed by atoms with Gasteiger partial charge in [0.15, 0.2) is 23.5 Å². The maximum Gasteiger partial charge on any atom is 0.249 e. The fraction of sp³-hybridized carbons (Fsp3) is 0.412. The van der Waals surface area contributed by atoms with E-state index < -0.39 is 41.3 Å². The third-order valence-electron chi connectivity index (χ3n) is 9.21. The number of benzene rings is 2. The van der Waals surface area contributed by atoms with Gasteiger partial charge in [-0.2, -0.15) is 0 Å². The van der Waals surface area contributed by atoms with Gasteiger partial charge in [-0.15, -0.1) is 0 Å². The van der Waals surface area contributed by atoms with Gasteiger partial charge < -0.3 is 34.4 Å². The van der Waals surface area contributed by atoms with Gasteiger partial charge in [0.2, 0.25) is 17.7 Å². The molecule has 46 heavy (non-hydrogen) atoms. The van der Waals surface area contributed by atoms with Crippen LogP contribution in [0.25, 0.3) is 11.6 Å². The number of aromatic nitrogens is 2. The van der Waals surface area contributed by atoms with E-state index in [4.69, 9.17) is 18.6 Å². The van der Waals surface area contributed by atoms with Crippen molar-refractivity contribution in [1.29, 1.82) is 0 Å². The number of carbonyl (C=O) groups excluding carboxylic acids is 2. The third kappa shape index (κ3) is 4.61. The van der Waals surface area contributed by atoms with Gasteiger partial charge in [-0.1, -0.05) is 39.8 Å². The van der Waals surface area contributed by atoms with Crippen molar-refractivity contribution in [3.8, 4) is 17.3 Å². The maximum absolute atomic E-state index is 15.1. The Morgan fingerprint density at radius 2 is 1.91 bits per heavy atom. The Kier molecular flexibility index (Phi) is 7.24. The second kappa shape index (κ2) is 11.1. The summed E-state index contributed by atoms with van der Waals surface area (Å²) in [4.78, 5) is 36.4. The largest absolute Gasteiger partial charge is 0.469 e. The van der Waals surface area contributed by atoms with E-state index in [1.807, 2.05) is 26.0 Å². The average molecular weight is 631 g/mol. The van der Waals surface area contributed by atoms with Gasteiger partial charge in [0.25, 0.3) is 0 Å². The highest BCUT2D eigenvalue weighted by Gasteiger charge is 2.61. The molecule has 3 aliphatic rings. The van der Waals surface area contributed by atoms with E-state index in [9.17, 15) is 19.8 Å². The monoisotopic (exact) mass is 630 g/mol. The van der Waals surface area contributed by atoms with Crippen LogP contribution in [0, 0.1) is 23.6 Å². The Labute approximate surface area is 264 Å². The molecule has 0 radical (unpaired) electrons. The van der Waals surface area contributed by atoms with E-state index in [-0.39, 0.29) is 66.1 Å². The van der Waals surface area contributed by atoms with Gasteiger partial charge in [0.1, 0.15) is 41.1 Å². The summed E-state index contributed by atoms with van der Waals surface area (Å²) in [5, 5.41) is 26.7. The number of anilines is 1. The fourth-order valence-corrected chi connectivity index (χ4v) is 6.80. The molecule has 1 spiro atoms. The number of hydrogen-bond acceptors (Lipinski definition) is 10. The van der Waals surface area contributed by atoms with Crippen LogP contribution in [0.3, 0.4) is 0 Å². The average Bonchev–Trinajstić information content (AvgIpc) is 3.79. The van der Waals surface area contributed by atoms with Crippen LogP contribution in [-0.4, -0.2) is 44.2 Å². The SMILES string of the molecule is CC(C)[C@H](O)C(=O)CC1Cc2ccc3c(c2)C2(c4cc(F)ccc4N[C@H]2O3)c2oc(nc2-c2nc(CO)co2)[C@H](C(C)C)NC1=O. The second-order valence-electron chi connectivity index (χ2n) is 13.0. The minimum Gasteiger partial charge on any atom is -0.469 e. The summed E-state index contributed by atoms with van der Waals surface area (Å²) < 4.78 is 34.0. The van der Waals surface area contributed by atoms with Crippen LogP contribution in [0.15, 0.2) is 51.5 Å². The summed E-state index contributed by atoms with van der Waals surface area (Å²) >= 11 is 0. The molecule has 11 nitrogen and oxygen atoms in total. The zero-order valence-corrected chi connectivity index (χ0v) is 25.8. The molecule has 2 unspecified atom stereocenters. The van der Waals surface area contributed by atoms with Gasteiger partial charge in [-0.25, -0.2) is 14.4 Å². The van der Waals surface area contributed by atoms with Crippen molar-refractivity contribution >= 4 is 17.4 Å². The molecule has 2 aromatic heterocycles. The number of amides is 1. The number of ketones is 1. The van der Waals surface area contributed by atoms with Crippen molar-refractivity contribution < 1.29 is 37.8 Å². The fourth-order valence-electron chi connectivity index (χ4n) is 6.80. The first kappa shape index (κ1) is 30.1. The molecular formula is C34H35FN4O7. The van der Waals surface area contributed by atoms with E-state index in [0.29, 0.717) is 22.6 Å². The van der Waals surface area contributed by atoms with Crippen LogP contribution in [0.5, 0.6) is 5.75 Å². The zero-order valence-electron chi connectivity index (χ0n) is 25.8. The highest BCUT2D eigenvalue weighted by molar-refractivity contribution is 5.89. The number of fused-ring (bicyclic) bond motifs is 4. The van der Waals surface area contributed by atoms with Crippen LogP contribution < -0.4 is 15.4 Å². The summed E-state index contributed by atoms with van der Waals surface area (Å²) in [5.74, 6) is -1.56. The molecule has 1 amide bonds. The Morgan fingerprint density at radius 3 is 2.63 bits per heavy atom. The smallest absolute Gasteiger partial charge is 0.249 e. The minimum absolute atomic E-state index is 0.0754. The summed E-state index contributed by atoms with van der Waals surface area (Å²) in [6.07, 6.45) is -0.623. The van der Waals surface area contributed by atoms with Gasteiger partial charge in [0.05, 0.1) is 6.61 Å². The summed E-state index contributed by atoms with van der Waals surface area (Å²) in [7, 11) is 0. The summed E-state index contributed by atoms with van der Waals surface area (Å²) in [6.45, 7) is 6.94. The van der Waals surface area contributed by atoms with Gasteiger partial charge in [-0.05, 0) is 48.1 Å². The normalized spacial score (nSPS) is 23.6. The topological polar surface area (TPSA) is 160 Å². The minimum atomic E-state index is -1.26. The second-order valence-corrected chi connectivity index (χ2v) is 13.0. The number of Topliss-reactive ketones (excluding diaryl/α,β-unsaturated/α-hetero) is 1. The van der Waals surface area contributed by atoms with Crippen molar-refractivity contribution in [2.24, 2.45) is 17.8 Å². The summed E-state index contributed by atoms with van der Waals surface area (Å²) in [6, 6.07) is 9.23. The van der Waals surface area contributed by atoms with Gasteiger partial charge >= 0.3 is 0 Å². The molecule has 0 saturated carbocycles. The predicted molar refractivity (Wildman–Crippen MR) is 162 cm³/mol. The van der Waals surface area contributed by atoms with Crippen LogP contribution in [-0.2, 0) is 28.0 Å². The highest BCUT2D eigenvalue weighted by Crippen LogP contribution is 2.59. The Balaban J connectivity index is 1.49. The van der Waals surface area contributed by atoms with Crippen molar-refractivity contribution in [2.45, 2.75) is 70.9 Å². The van der Waals surface area contributed by atoms with E-state index in [1.165, 1.54) is 18.4 Å². The number of halogens is 1. The Morgan fingerprint density at radius 1 is 1.11 bits per heavy atom. The number of aliphatic hydroxyl groups excluding tert-OH is 2. The highest BCUT2D eigenvalue weighted by atomic mass is 19.1. The maximum atomic E-state index is 15.1. The van der Waals surface area contributed by atoms with E-state index in [1.54, 1.807) is 26.0 Å². The number of aliphatic hydroxyl groups is 2. The molecule has 7 rings (SSSR count). The van der Waals surface area contributed by atoms with Crippen LogP contribution >= 0.6 is 0 Å². The van der Waals surface area contributed by atoms with Gasteiger partial charge in [0, 0.05) is 29.2 Å². The zero-order chi connectivity index (χ0) is 32.5. The van der Waals surface area contributed by atoms with Crippen molar-refractivity contribution in [2.75, 3.05) is 5.32 Å². The first-order valence-corrected chi connectivity index (χ1v) is 15.5. The lowest BCUT2D eigenvalue weighted by atomic mass is 9.72. The lowest BCUT2D eigenvalue weighted by Gasteiger charge is -2.28. The van der Waals surface area contributed by atoms with Crippen molar-refractivity contribution in [3.05, 3.63) is 82.5 Å². The molecule has 0 fully saturated rings. The predicted octanol–water partition coefficient (Wildman–Crippen LogP) is 4.40. The number of ether oxygens (including phenoxy) is 1. The molecule has 0 saturated heterocycles. The summed E-state index contributed by atoms with van der Waals surface area (Å²) in [5.41, 5.74) is 1.82. The van der Waals surface area contributed by atoms with E-state index >= 15 is 4.39 Å². The number of nitrogens with one attached hydrogen (secondary N) is 2. The molecule has 3 aliphatic heterocycles. The molecule has 4 bridgehead atoms. The van der Waals surface area contributed by atoms with E-state index in [0.717, 1.165) is 5.56 Å². The first-order valence-electron chi connectivity index (χ1n) is 15.5. The molecular weight excluding hydrogens is 595 g/mol. The van der Waals surface area contributed by atoms with Gasteiger partial charge in [-0.3, -0.25) is 9.59 Å². The third-order valence-corrected chi connectivity index (χ3v) is 9.21. The quantitative estimate of drug-likeness (QED) is 0.231. The number of carbonyl (C=O) groups is 2. The lowest BCUT2D eigenvalue weighted by molar-refractivity contribution is -0.135. The molecule has 0 aliphatic carbocycles. The standard InChI is InChI=1S/C34H35FN4O7/c1-15(2)26-32-39-27(31-36-20(13-40)14-44-31)29(46-32)34-21-12-19(35)6-7-23(21)37-33(34)45-25-8-5-17(10-22(25)34)9-18(30(43)38-26)11-24(41)28(42)16(3)4/h5-8,10,12,14-16,18,26,28,33,37,40,42H,9,11,13H2,1-4H3,(H,38,43)/t18?,26-,28-,33-,34?/m0/s1. The van der Waals surface area contributed by atoms with Crippen LogP contribution in [0.1, 0.15) is 74.2 Å². The Bertz CT molecular complexity index is 1850. The number of oxazole rings is 2. The Hall–Kier alpha value is -4.55. The van der Waals surface area contributed by atoms with Crippen LogP contribution in [0.2, 0.25) is 0 Å². The molecule has 4 N–H and O–H groups in total. The lowest BCUT2D eigenvalue weighted by Crippen LogP contribution is -2.41. The number of hydrogen-bond donors (Lipinski definition) is 4. The molecule has 4 aromatic rings. The first-order chi connectivity index (χ1) is 22.0. The van der Waals surface area contributed by atoms with Crippen molar-refractivity contribution in [1.82, 2.24) is 15.3 Å². The number of nitrogens with zero attached hydrogens (tertiary/aromatic N) is 2.